The zero-order chi connectivity index (χ0) is 5.58. The van der Waals surface area contributed by atoms with Crippen molar-refractivity contribution in [3.63, 3.8) is 0 Å². The van der Waals surface area contributed by atoms with Crippen LogP contribution in [0.1, 0.15) is 0 Å². The van der Waals surface area contributed by atoms with Gasteiger partial charge in [0.25, 0.3) is 0 Å². The van der Waals surface area contributed by atoms with E-state index in [1.165, 1.54) is 0 Å². The van der Waals surface area contributed by atoms with Gasteiger partial charge in [-0.05, 0) is 21.1 Å². The number of nitrogens with zero attached hydrogens (tertiary/aromatic N) is 1. The van der Waals surface area contributed by atoms with Gasteiger partial charge in [0.2, 0.25) is 0 Å². The maximum atomic E-state index is 8.31. The normalized spacial score (nSPS) is 6.67. The van der Waals surface area contributed by atoms with Gasteiger partial charge in [-0.1, -0.05) is 0 Å². The average Bonchev–Trinajstić information content (AvgIpc) is 1.41. The van der Waals surface area contributed by atoms with Gasteiger partial charge in [0.15, 0.2) is 0 Å². The summed E-state index contributed by atoms with van der Waals surface area (Å²) >= 11 is 0.472. The van der Waals surface area contributed by atoms with E-state index in [0.717, 1.165) is 0 Å². The van der Waals surface area contributed by atoms with Crippen molar-refractivity contribution in [1.29, 1.82) is 0 Å². The van der Waals surface area contributed by atoms with Crippen LogP contribution in [0.4, 0.5) is 0 Å². The van der Waals surface area contributed by atoms with E-state index in [1.54, 1.807) is 0 Å². The van der Waals surface area contributed by atoms with Gasteiger partial charge < -0.3 is 4.90 Å². The fraction of sp³-hybridized carbons (Fsp3) is 1.00. The molecule has 0 heterocycles. The van der Waals surface area contributed by atoms with Crippen LogP contribution in [-0.2, 0) is 22.6 Å². The summed E-state index contributed by atoms with van der Waals surface area (Å²) in [7, 11) is 6.00. The molecule has 0 spiro atoms. The molecule has 2 nitrogen and oxygen atoms in total. The third-order valence-electron chi connectivity index (χ3n) is 0. The summed E-state index contributed by atoms with van der Waals surface area (Å²) in [6.07, 6.45) is 0. The Morgan fingerprint density at radius 3 is 1.17 bits per heavy atom. The zero-order valence-electron chi connectivity index (χ0n) is 4.23. The predicted octanol–water partition coefficient (Wildman–Crippen LogP) is 0.0565. The molecule has 0 aliphatic rings. The first-order valence-corrected chi connectivity index (χ1v) is 2.60. The molecule has 0 bridgehead atoms. The van der Waals surface area contributed by atoms with Gasteiger partial charge in [-0.3, -0.25) is 0 Å². The topological polar surface area (TPSA) is 20.3 Å². The van der Waals surface area contributed by atoms with Crippen LogP contribution in [-0.4, -0.2) is 26.0 Å². The van der Waals surface area contributed by atoms with Crippen molar-refractivity contribution < 1.29 is 22.6 Å². The summed E-state index contributed by atoms with van der Waals surface area (Å²) in [4.78, 5) is 2.00. The predicted molar refractivity (Wildman–Crippen MR) is 20.3 cm³/mol. The molecule has 0 amide bonds. The molecular weight excluding hydrogens is 252 g/mol. The van der Waals surface area contributed by atoms with Crippen LogP contribution < -0.4 is 0 Å². The first-order valence-electron chi connectivity index (χ1n) is 1.50. The van der Waals surface area contributed by atoms with Crippen molar-refractivity contribution in [2.75, 3.05) is 21.1 Å². The van der Waals surface area contributed by atoms with Crippen LogP contribution in [0.2, 0.25) is 0 Å². The summed E-state index contributed by atoms with van der Waals surface area (Å²) in [5.41, 5.74) is 0. The molecule has 39 valence electrons. The Kier molecular flexibility index (Phi) is 14.6. The quantitative estimate of drug-likeness (QED) is 0.614. The standard InChI is InChI=1S/C3H9N.O.Re/c1-4(2)3;;/h1-3H3;;. The van der Waals surface area contributed by atoms with Crippen molar-refractivity contribution in [3.8, 4) is 0 Å². The molecule has 6 heavy (non-hydrogen) atoms. The maximum absolute atomic E-state index is 8.31. The van der Waals surface area contributed by atoms with Crippen molar-refractivity contribution in [2.45, 2.75) is 0 Å². The first kappa shape index (κ1) is 9.66. The Morgan fingerprint density at radius 1 is 1.17 bits per heavy atom. The molecule has 0 unspecified atom stereocenters. The third kappa shape index (κ3) is 290. The van der Waals surface area contributed by atoms with E-state index in [1.807, 2.05) is 26.0 Å². The molecule has 0 fully saturated rings. The van der Waals surface area contributed by atoms with E-state index in [4.69, 9.17) is 3.47 Å². The number of rotatable bonds is 0. The fourth-order valence-electron chi connectivity index (χ4n) is 0. The Morgan fingerprint density at radius 2 is 1.17 bits per heavy atom. The van der Waals surface area contributed by atoms with E-state index in [2.05, 4.69) is 0 Å². The molecule has 0 aromatic rings. The van der Waals surface area contributed by atoms with Gasteiger partial charge in [-0.25, -0.2) is 0 Å². The molecule has 0 N–H and O–H groups in total. The van der Waals surface area contributed by atoms with Crippen LogP contribution in [0.25, 0.3) is 0 Å². The third-order valence-corrected chi connectivity index (χ3v) is 0. The molecule has 3 heteroatoms. The Balaban J connectivity index is 0. The average molecular weight is 261 g/mol. The molecule has 0 atom stereocenters. The summed E-state index contributed by atoms with van der Waals surface area (Å²) in [6, 6.07) is 0. The molecule has 0 rings (SSSR count). The van der Waals surface area contributed by atoms with Gasteiger partial charge in [-0.15, -0.1) is 0 Å². The van der Waals surface area contributed by atoms with Crippen LogP contribution in [0.3, 0.4) is 0 Å². The molecular formula is C3H9NORe. The van der Waals surface area contributed by atoms with Crippen LogP contribution in [0.5, 0.6) is 0 Å². The van der Waals surface area contributed by atoms with E-state index >= 15 is 0 Å². The van der Waals surface area contributed by atoms with Crippen molar-refractivity contribution in [1.82, 2.24) is 4.90 Å². The summed E-state index contributed by atoms with van der Waals surface area (Å²) in [5, 5.41) is 0. The van der Waals surface area contributed by atoms with Gasteiger partial charge >= 0.3 is 22.6 Å². The van der Waals surface area contributed by atoms with Crippen molar-refractivity contribution in [3.05, 3.63) is 0 Å². The monoisotopic (exact) mass is 262 g/mol. The first-order chi connectivity index (χ1) is 2.73. The molecule has 0 aliphatic heterocycles. The fourth-order valence-corrected chi connectivity index (χ4v) is 0. The molecule has 0 radical (unpaired) electrons. The number of hydrogen-bond acceptors (Lipinski definition) is 2. The summed E-state index contributed by atoms with van der Waals surface area (Å²) in [6.45, 7) is 0. The Hall–Kier alpha value is 0.422. The molecule has 0 saturated carbocycles. The summed E-state index contributed by atoms with van der Waals surface area (Å²) in [5.74, 6) is 0. The summed E-state index contributed by atoms with van der Waals surface area (Å²) < 4.78 is 8.31. The Labute approximate surface area is 49.2 Å². The van der Waals surface area contributed by atoms with Crippen molar-refractivity contribution >= 4 is 0 Å². The minimum atomic E-state index is 0.472. The van der Waals surface area contributed by atoms with Gasteiger partial charge in [0.05, 0.1) is 0 Å². The van der Waals surface area contributed by atoms with Crippen molar-refractivity contribution in [2.24, 2.45) is 0 Å². The molecule has 0 aromatic heterocycles. The second-order valence-corrected chi connectivity index (χ2v) is 1.34. The van der Waals surface area contributed by atoms with E-state index in [-0.39, 0.29) is 0 Å². The van der Waals surface area contributed by atoms with Crippen LogP contribution in [0, 0.1) is 0 Å². The Bertz CT molecular complexity index is 22.0. The van der Waals surface area contributed by atoms with Crippen LogP contribution in [0.15, 0.2) is 0 Å². The minimum absolute atomic E-state index is 0.472. The zero-order valence-corrected chi connectivity index (χ0v) is 6.95. The second-order valence-electron chi connectivity index (χ2n) is 1.34. The van der Waals surface area contributed by atoms with Gasteiger partial charge in [-0.2, -0.15) is 0 Å². The second kappa shape index (κ2) is 9.05. The SMILES string of the molecule is CN(C)C.[O]=[Re]. The van der Waals surface area contributed by atoms with Gasteiger partial charge in [0, 0.05) is 0 Å². The van der Waals surface area contributed by atoms with E-state index in [0.29, 0.717) is 19.2 Å². The van der Waals surface area contributed by atoms with Crippen LogP contribution >= 0.6 is 0 Å². The molecule has 0 saturated heterocycles. The molecule has 0 aliphatic carbocycles. The van der Waals surface area contributed by atoms with E-state index < -0.39 is 0 Å². The molecule has 0 aromatic carbocycles. The van der Waals surface area contributed by atoms with Gasteiger partial charge in [0.1, 0.15) is 0 Å². The van der Waals surface area contributed by atoms with E-state index in [9.17, 15) is 0 Å². The number of hydrogen-bond donors (Lipinski definition) is 0.